The van der Waals surface area contributed by atoms with Crippen molar-refractivity contribution in [2.24, 2.45) is 0 Å². The topological polar surface area (TPSA) is 25.4 Å². The highest BCUT2D eigenvalue weighted by Gasteiger charge is 2.34. The van der Waals surface area contributed by atoms with Gasteiger partial charge in [0.25, 0.3) is 0 Å². The molecule has 1 aliphatic rings. The van der Waals surface area contributed by atoms with Gasteiger partial charge in [-0.3, -0.25) is 4.98 Å². The van der Waals surface area contributed by atoms with Crippen molar-refractivity contribution in [2.45, 2.75) is 26.2 Å². The molecule has 2 unspecified atom stereocenters. The van der Waals surface area contributed by atoms with Crippen LogP contribution >= 0.6 is 11.6 Å². The summed E-state index contributed by atoms with van der Waals surface area (Å²) < 4.78 is 6.10. The average molecular weight is 303 g/mol. The number of hydrogen-bond acceptors (Lipinski definition) is 3. The Labute approximate surface area is 130 Å². The maximum Gasteiger partial charge on any atom is 0.158 e. The van der Waals surface area contributed by atoms with E-state index in [1.807, 2.05) is 18.3 Å². The number of nitrogens with zero attached hydrogens (tertiary/aromatic N) is 2. The number of aryl methyl sites for hydroxylation is 2. The summed E-state index contributed by atoms with van der Waals surface area (Å²) in [6.07, 6.45) is 3.55. The Morgan fingerprint density at radius 1 is 1.33 bits per heavy atom. The predicted molar refractivity (Wildman–Crippen MR) is 85.8 cm³/mol. The van der Waals surface area contributed by atoms with Gasteiger partial charge in [-0.15, -0.1) is 11.6 Å². The molecule has 0 saturated carbocycles. The molecule has 2 atom stereocenters. The van der Waals surface area contributed by atoms with Crippen LogP contribution in [0.4, 0.5) is 5.69 Å². The summed E-state index contributed by atoms with van der Waals surface area (Å²) in [6.45, 7) is 5.04. The predicted octanol–water partition coefficient (Wildman–Crippen LogP) is 3.84. The van der Waals surface area contributed by atoms with Crippen LogP contribution in [-0.4, -0.2) is 23.5 Å². The maximum absolute atomic E-state index is 6.10. The number of benzene rings is 1. The molecular formula is C17H19ClN2O. The highest BCUT2D eigenvalue weighted by molar-refractivity contribution is 6.18. The van der Waals surface area contributed by atoms with Gasteiger partial charge >= 0.3 is 0 Å². The van der Waals surface area contributed by atoms with Crippen molar-refractivity contribution < 1.29 is 4.74 Å². The van der Waals surface area contributed by atoms with Gasteiger partial charge < -0.3 is 9.64 Å². The zero-order chi connectivity index (χ0) is 14.8. The summed E-state index contributed by atoms with van der Waals surface area (Å²) in [5.74, 6) is 0.498. The molecule has 0 N–H and O–H groups in total. The molecule has 4 heteroatoms. The summed E-state index contributed by atoms with van der Waals surface area (Å²) in [5, 5.41) is 0. The van der Waals surface area contributed by atoms with Gasteiger partial charge in [-0.05, 0) is 31.5 Å². The Kier molecular flexibility index (Phi) is 4.13. The minimum atomic E-state index is -0.121. The number of anilines is 1. The molecule has 0 bridgehead atoms. The number of halogens is 1. The van der Waals surface area contributed by atoms with E-state index in [1.165, 1.54) is 16.8 Å². The Morgan fingerprint density at radius 2 is 2.19 bits per heavy atom. The number of hydrogen-bond donors (Lipinski definition) is 0. The van der Waals surface area contributed by atoms with Gasteiger partial charge in [0.15, 0.2) is 6.23 Å². The Bertz CT molecular complexity index is 617. The molecule has 21 heavy (non-hydrogen) atoms. The highest BCUT2D eigenvalue weighted by atomic mass is 35.5. The van der Waals surface area contributed by atoms with E-state index in [9.17, 15) is 0 Å². The second-order valence-electron chi connectivity index (χ2n) is 5.49. The molecule has 0 aliphatic carbocycles. The smallest absolute Gasteiger partial charge is 0.158 e. The van der Waals surface area contributed by atoms with Crippen LogP contribution in [0.15, 0.2) is 42.7 Å². The van der Waals surface area contributed by atoms with Crippen LogP contribution in [-0.2, 0) is 4.74 Å². The van der Waals surface area contributed by atoms with Gasteiger partial charge in [0.05, 0.1) is 12.0 Å². The Hall–Kier alpha value is -1.58. The van der Waals surface area contributed by atoms with E-state index < -0.39 is 0 Å². The van der Waals surface area contributed by atoms with Crippen LogP contribution in [0.3, 0.4) is 0 Å². The summed E-state index contributed by atoms with van der Waals surface area (Å²) in [7, 11) is 0. The monoisotopic (exact) mass is 302 g/mol. The molecule has 3 rings (SSSR count). The third-order valence-corrected chi connectivity index (χ3v) is 4.15. The molecule has 0 amide bonds. The lowest BCUT2D eigenvalue weighted by atomic mass is 10.1. The molecule has 3 nitrogen and oxygen atoms in total. The zero-order valence-corrected chi connectivity index (χ0v) is 13.0. The molecular weight excluding hydrogens is 284 g/mol. The van der Waals surface area contributed by atoms with E-state index in [-0.39, 0.29) is 12.3 Å². The molecule has 2 aromatic rings. The molecule has 0 radical (unpaired) electrons. The van der Waals surface area contributed by atoms with Crippen molar-refractivity contribution in [3.05, 3.63) is 59.4 Å². The fraction of sp³-hybridized carbons (Fsp3) is 0.353. The number of ether oxygens (including phenoxy) is 1. The van der Waals surface area contributed by atoms with Crippen LogP contribution in [0.5, 0.6) is 0 Å². The van der Waals surface area contributed by atoms with Gasteiger partial charge in [0.2, 0.25) is 0 Å². The number of rotatable bonds is 3. The minimum Gasteiger partial charge on any atom is -0.348 e. The van der Waals surface area contributed by atoms with Gasteiger partial charge in [-0.1, -0.05) is 23.8 Å². The van der Waals surface area contributed by atoms with Crippen molar-refractivity contribution in [3.63, 3.8) is 0 Å². The Morgan fingerprint density at radius 3 is 2.86 bits per heavy atom. The first-order valence-corrected chi connectivity index (χ1v) is 7.67. The zero-order valence-electron chi connectivity index (χ0n) is 12.3. The van der Waals surface area contributed by atoms with Crippen LogP contribution in [0, 0.1) is 13.8 Å². The van der Waals surface area contributed by atoms with Crippen molar-refractivity contribution in [1.82, 2.24) is 4.98 Å². The lowest BCUT2D eigenvalue weighted by Crippen LogP contribution is -2.25. The first-order chi connectivity index (χ1) is 10.2. The maximum atomic E-state index is 6.10. The molecule has 110 valence electrons. The molecule has 1 aromatic carbocycles. The lowest BCUT2D eigenvalue weighted by molar-refractivity contribution is 0.0603. The van der Waals surface area contributed by atoms with Crippen LogP contribution in [0.1, 0.15) is 22.9 Å². The van der Waals surface area contributed by atoms with Gasteiger partial charge in [-0.25, -0.2) is 0 Å². The van der Waals surface area contributed by atoms with Gasteiger partial charge in [-0.2, -0.15) is 0 Å². The van der Waals surface area contributed by atoms with Crippen molar-refractivity contribution >= 4 is 17.3 Å². The van der Waals surface area contributed by atoms with Crippen LogP contribution < -0.4 is 4.90 Å². The second kappa shape index (κ2) is 6.04. The average Bonchev–Trinajstić information content (AvgIpc) is 2.92. The summed E-state index contributed by atoms with van der Waals surface area (Å²) in [6, 6.07) is 10.5. The van der Waals surface area contributed by atoms with E-state index in [0.717, 1.165) is 12.1 Å². The molecule has 1 aromatic heterocycles. The first-order valence-electron chi connectivity index (χ1n) is 7.14. The summed E-state index contributed by atoms with van der Waals surface area (Å²) in [4.78, 5) is 6.48. The van der Waals surface area contributed by atoms with E-state index >= 15 is 0 Å². The van der Waals surface area contributed by atoms with Crippen LogP contribution in [0.2, 0.25) is 0 Å². The molecule has 1 aliphatic heterocycles. The fourth-order valence-corrected chi connectivity index (χ4v) is 3.00. The molecule has 1 fully saturated rings. The highest BCUT2D eigenvalue weighted by Crippen LogP contribution is 2.36. The number of alkyl halides is 1. The Balaban J connectivity index is 1.97. The largest absolute Gasteiger partial charge is 0.348 e. The van der Waals surface area contributed by atoms with Gasteiger partial charge in [0, 0.05) is 30.2 Å². The summed E-state index contributed by atoms with van der Waals surface area (Å²) in [5.41, 5.74) is 4.78. The van der Waals surface area contributed by atoms with Crippen LogP contribution in [0.25, 0.3) is 0 Å². The summed E-state index contributed by atoms with van der Waals surface area (Å²) >= 11 is 6.01. The lowest BCUT2D eigenvalue weighted by Gasteiger charge is -2.26. The molecule has 2 heterocycles. The van der Waals surface area contributed by atoms with E-state index in [1.54, 1.807) is 6.20 Å². The SMILES string of the molecule is Cc1ccc(N2CC(CCl)OC2c2cccnc2)c(C)c1. The van der Waals surface area contributed by atoms with Crippen molar-refractivity contribution in [2.75, 3.05) is 17.3 Å². The second-order valence-corrected chi connectivity index (χ2v) is 5.80. The van der Waals surface area contributed by atoms with E-state index in [2.05, 4.69) is 41.9 Å². The molecule has 1 saturated heterocycles. The standard InChI is InChI=1S/C17H19ClN2O/c1-12-5-6-16(13(2)8-12)20-11-15(9-18)21-17(20)14-4-3-7-19-10-14/h3-8,10,15,17H,9,11H2,1-2H3. The number of pyridine rings is 1. The fourth-order valence-electron chi connectivity index (χ4n) is 2.83. The molecule has 0 spiro atoms. The minimum absolute atomic E-state index is 0.0394. The van der Waals surface area contributed by atoms with Crippen molar-refractivity contribution in [1.29, 1.82) is 0 Å². The van der Waals surface area contributed by atoms with Gasteiger partial charge in [0.1, 0.15) is 0 Å². The first kappa shape index (κ1) is 14.4. The van der Waals surface area contributed by atoms with E-state index in [0.29, 0.717) is 5.88 Å². The normalized spacial score (nSPS) is 21.8. The van der Waals surface area contributed by atoms with Crippen molar-refractivity contribution in [3.8, 4) is 0 Å². The van der Waals surface area contributed by atoms with E-state index in [4.69, 9.17) is 16.3 Å². The quantitative estimate of drug-likeness (QED) is 0.806. The number of aromatic nitrogens is 1. The third kappa shape index (κ3) is 2.89. The third-order valence-electron chi connectivity index (χ3n) is 3.81.